The third-order valence-electron chi connectivity index (χ3n) is 3.95. The molecule has 0 aliphatic rings. The smallest absolute Gasteiger partial charge is 0.243 e. The molecule has 1 aromatic heterocycles. The second-order valence-electron chi connectivity index (χ2n) is 5.99. The molecular formula is C20H28N4. The Morgan fingerprint density at radius 2 is 1.71 bits per heavy atom. The second kappa shape index (κ2) is 9.16. The minimum absolute atomic E-state index is 0.588. The van der Waals surface area contributed by atoms with Crippen molar-refractivity contribution >= 4 is 11.7 Å². The van der Waals surface area contributed by atoms with Crippen molar-refractivity contribution in [2.24, 2.45) is 5.10 Å². The van der Waals surface area contributed by atoms with E-state index in [1.807, 2.05) is 6.92 Å². The van der Waals surface area contributed by atoms with E-state index in [0.29, 0.717) is 5.95 Å². The zero-order valence-electron chi connectivity index (χ0n) is 15.3. The maximum absolute atomic E-state index is 4.57. The number of benzene rings is 1. The van der Waals surface area contributed by atoms with Crippen molar-refractivity contribution in [3.63, 3.8) is 0 Å². The molecule has 0 saturated carbocycles. The van der Waals surface area contributed by atoms with Crippen molar-refractivity contribution in [3.8, 4) is 0 Å². The minimum Gasteiger partial charge on any atom is -0.245 e. The molecule has 24 heavy (non-hydrogen) atoms. The van der Waals surface area contributed by atoms with E-state index < -0.39 is 0 Å². The molecule has 2 aromatic rings. The van der Waals surface area contributed by atoms with Gasteiger partial charge < -0.3 is 0 Å². The van der Waals surface area contributed by atoms with E-state index in [9.17, 15) is 0 Å². The highest BCUT2D eigenvalue weighted by Crippen LogP contribution is 2.13. The first kappa shape index (κ1) is 18.1. The van der Waals surface area contributed by atoms with Gasteiger partial charge in [-0.05, 0) is 37.8 Å². The number of hydrazone groups is 1. The zero-order valence-corrected chi connectivity index (χ0v) is 15.3. The van der Waals surface area contributed by atoms with E-state index in [1.54, 1.807) is 0 Å². The van der Waals surface area contributed by atoms with Gasteiger partial charge in [0.25, 0.3) is 0 Å². The van der Waals surface area contributed by atoms with E-state index in [1.165, 1.54) is 11.1 Å². The van der Waals surface area contributed by atoms with Gasteiger partial charge in [-0.1, -0.05) is 57.9 Å². The largest absolute Gasteiger partial charge is 0.245 e. The van der Waals surface area contributed by atoms with Crippen LogP contribution in [0.1, 0.15) is 63.1 Å². The van der Waals surface area contributed by atoms with Gasteiger partial charge in [0.2, 0.25) is 5.95 Å². The minimum atomic E-state index is 0.588. The Morgan fingerprint density at radius 3 is 2.42 bits per heavy atom. The quantitative estimate of drug-likeness (QED) is 0.561. The molecule has 4 heteroatoms. The zero-order chi connectivity index (χ0) is 17.4. The molecule has 0 amide bonds. The predicted octanol–water partition coefficient (Wildman–Crippen LogP) is 4.78. The number of hydrogen-bond donors (Lipinski definition) is 1. The lowest BCUT2D eigenvalue weighted by Gasteiger charge is -2.09. The van der Waals surface area contributed by atoms with E-state index in [-0.39, 0.29) is 0 Å². The molecule has 0 saturated heterocycles. The topological polar surface area (TPSA) is 50.2 Å². The molecule has 0 bridgehead atoms. The number of rotatable bonds is 8. The fraction of sp³-hybridized carbons (Fsp3) is 0.450. The van der Waals surface area contributed by atoms with Crippen molar-refractivity contribution in [2.75, 3.05) is 5.43 Å². The molecule has 1 N–H and O–H groups in total. The number of hydrogen-bond acceptors (Lipinski definition) is 4. The molecule has 0 fully saturated rings. The lowest BCUT2D eigenvalue weighted by molar-refractivity contribution is 0.856. The average Bonchev–Trinajstić information content (AvgIpc) is 2.60. The Morgan fingerprint density at radius 1 is 1.00 bits per heavy atom. The van der Waals surface area contributed by atoms with Gasteiger partial charge in [-0.2, -0.15) is 5.10 Å². The maximum Gasteiger partial charge on any atom is 0.243 e. The van der Waals surface area contributed by atoms with Crippen LogP contribution >= 0.6 is 0 Å². The Hall–Kier alpha value is -2.23. The Kier molecular flexibility index (Phi) is 6.91. The first-order valence-corrected chi connectivity index (χ1v) is 8.93. The molecule has 1 heterocycles. The summed E-state index contributed by atoms with van der Waals surface area (Å²) in [6, 6.07) is 10.5. The van der Waals surface area contributed by atoms with Crippen LogP contribution in [0.5, 0.6) is 0 Å². The van der Waals surface area contributed by atoms with Crippen LogP contribution in [0.15, 0.2) is 35.4 Å². The third kappa shape index (κ3) is 4.88. The van der Waals surface area contributed by atoms with Crippen LogP contribution in [-0.4, -0.2) is 15.7 Å². The molecular weight excluding hydrogens is 296 g/mol. The van der Waals surface area contributed by atoms with Crippen LogP contribution < -0.4 is 5.43 Å². The first-order valence-electron chi connectivity index (χ1n) is 8.93. The second-order valence-corrected chi connectivity index (χ2v) is 5.99. The normalized spacial score (nSPS) is 11.6. The summed E-state index contributed by atoms with van der Waals surface area (Å²) in [7, 11) is 0. The number of nitrogens with zero attached hydrogens (tertiary/aromatic N) is 3. The summed E-state index contributed by atoms with van der Waals surface area (Å²) < 4.78 is 0. The van der Waals surface area contributed by atoms with Crippen molar-refractivity contribution in [1.82, 2.24) is 9.97 Å². The van der Waals surface area contributed by atoms with E-state index in [0.717, 1.165) is 49.2 Å². The third-order valence-corrected chi connectivity index (χ3v) is 3.95. The van der Waals surface area contributed by atoms with Crippen molar-refractivity contribution < 1.29 is 0 Å². The summed E-state index contributed by atoms with van der Waals surface area (Å²) in [4.78, 5) is 9.10. The Labute approximate surface area is 145 Å². The van der Waals surface area contributed by atoms with Gasteiger partial charge in [-0.3, -0.25) is 0 Å². The van der Waals surface area contributed by atoms with E-state index >= 15 is 0 Å². The highest BCUT2D eigenvalue weighted by Gasteiger charge is 2.06. The molecule has 1 aromatic carbocycles. The predicted molar refractivity (Wildman–Crippen MR) is 102 cm³/mol. The van der Waals surface area contributed by atoms with Gasteiger partial charge in [0.1, 0.15) is 0 Å². The fourth-order valence-electron chi connectivity index (χ4n) is 2.72. The van der Waals surface area contributed by atoms with Gasteiger partial charge in [-0.15, -0.1) is 0 Å². The lowest BCUT2D eigenvalue weighted by Crippen LogP contribution is -2.07. The summed E-state index contributed by atoms with van der Waals surface area (Å²) in [5, 5.41) is 4.53. The highest BCUT2D eigenvalue weighted by molar-refractivity contribution is 6.00. The molecule has 0 aliphatic heterocycles. The van der Waals surface area contributed by atoms with Gasteiger partial charge in [0.05, 0.1) is 5.71 Å². The van der Waals surface area contributed by atoms with Crippen LogP contribution in [0.25, 0.3) is 0 Å². The lowest BCUT2D eigenvalue weighted by atomic mass is 10.0. The van der Waals surface area contributed by atoms with Crippen LogP contribution in [0.3, 0.4) is 0 Å². The summed E-state index contributed by atoms with van der Waals surface area (Å²) in [5.74, 6) is 0.588. The first-order chi connectivity index (χ1) is 11.7. The number of nitrogens with one attached hydrogen (secondary N) is 1. The molecule has 4 nitrogen and oxygen atoms in total. The molecule has 2 rings (SSSR count). The summed E-state index contributed by atoms with van der Waals surface area (Å²) in [6.45, 7) is 8.49. The highest BCUT2D eigenvalue weighted by atomic mass is 15.4. The van der Waals surface area contributed by atoms with Crippen molar-refractivity contribution in [1.29, 1.82) is 0 Å². The van der Waals surface area contributed by atoms with Crippen LogP contribution in [0.2, 0.25) is 0 Å². The molecule has 128 valence electrons. The van der Waals surface area contributed by atoms with Crippen LogP contribution in [-0.2, 0) is 19.3 Å². The maximum atomic E-state index is 4.57. The summed E-state index contributed by atoms with van der Waals surface area (Å²) >= 11 is 0. The Bertz CT molecular complexity index is 692. The number of aromatic nitrogens is 2. The summed E-state index contributed by atoms with van der Waals surface area (Å²) in [6.07, 6.45) is 5.12. The monoisotopic (exact) mass is 324 g/mol. The molecule has 0 radical (unpaired) electrons. The van der Waals surface area contributed by atoms with Crippen molar-refractivity contribution in [3.05, 3.63) is 52.8 Å². The van der Waals surface area contributed by atoms with E-state index in [4.69, 9.17) is 0 Å². The summed E-state index contributed by atoms with van der Waals surface area (Å²) in [5.41, 5.74) is 8.66. The average molecular weight is 324 g/mol. The molecule has 0 aliphatic carbocycles. The SMILES string of the molecule is CCCc1cc(CC)nc(NN=C(C)c2ccccc2CCC)n1. The van der Waals surface area contributed by atoms with Gasteiger partial charge >= 0.3 is 0 Å². The standard InChI is InChI=1S/C20H28N4/c1-5-10-16-12-8-9-13-19(16)15(4)23-24-20-21-17(7-3)14-18(22-20)11-6-2/h8-9,12-14H,5-7,10-11H2,1-4H3,(H,21,22,24). The van der Waals surface area contributed by atoms with Crippen molar-refractivity contribution in [2.45, 2.75) is 59.8 Å². The van der Waals surface area contributed by atoms with Gasteiger partial charge in [0.15, 0.2) is 0 Å². The van der Waals surface area contributed by atoms with Gasteiger partial charge in [0, 0.05) is 17.0 Å². The molecule has 0 atom stereocenters. The van der Waals surface area contributed by atoms with Crippen LogP contribution in [0.4, 0.5) is 5.95 Å². The molecule has 0 spiro atoms. The molecule has 0 unspecified atom stereocenters. The fourth-order valence-corrected chi connectivity index (χ4v) is 2.72. The van der Waals surface area contributed by atoms with Crippen LogP contribution in [0, 0.1) is 0 Å². The number of anilines is 1. The Balaban J connectivity index is 2.22. The van der Waals surface area contributed by atoms with Gasteiger partial charge in [-0.25, -0.2) is 15.4 Å². The number of aryl methyl sites for hydroxylation is 3. The van der Waals surface area contributed by atoms with E-state index in [2.05, 4.69) is 71.6 Å².